The first-order chi connectivity index (χ1) is 13.3. The Kier molecular flexibility index (Phi) is 3.47. The van der Waals surface area contributed by atoms with E-state index in [2.05, 4.69) is 15.3 Å². The molecule has 0 radical (unpaired) electrons. The Bertz CT molecular complexity index is 1220. The minimum Gasteiger partial charge on any atom is -0.451 e. The van der Waals surface area contributed by atoms with Crippen molar-refractivity contribution in [2.24, 2.45) is 0 Å². The van der Waals surface area contributed by atoms with Crippen molar-refractivity contribution in [3.63, 3.8) is 0 Å². The number of aromatic nitrogens is 3. The summed E-state index contributed by atoms with van der Waals surface area (Å²) in [5.74, 6) is 0.614. The molecule has 2 aromatic carbocycles. The Morgan fingerprint density at radius 2 is 1.96 bits per heavy atom. The summed E-state index contributed by atoms with van der Waals surface area (Å²) in [5.41, 5.74) is 3.04. The van der Waals surface area contributed by atoms with Crippen LogP contribution in [0, 0.1) is 0 Å². The molecule has 130 valence electrons. The van der Waals surface area contributed by atoms with Gasteiger partial charge >= 0.3 is 0 Å². The van der Waals surface area contributed by atoms with Gasteiger partial charge in [0.1, 0.15) is 5.58 Å². The first kappa shape index (κ1) is 15.3. The van der Waals surface area contributed by atoms with Crippen LogP contribution in [0.2, 0.25) is 0 Å². The molecule has 5 aromatic rings. The average molecular weight is 354 g/mol. The number of benzene rings is 2. The number of amides is 1. The van der Waals surface area contributed by atoms with E-state index >= 15 is 0 Å². The number of imidazole rings is 1. The quantitative estimate of drug-likeness (QED) is 0.521. The van der Waals surface area contributed by atoms with E-state index in [4.69, 9.17) is 4.42 Å². The van der Waals surface area contributed by atoms with Gasteiger partial charge in [0.05, 0.1) is 5.69 Å². The molecular weight excluding hydrogens is 340 g/mol. The molecule has 6 nitrogen and oxygen atoms in total. The third-order valence-corrected chi connectivity index (χ3v) is 4.30. The number of nitrogens with zero attached hydrogens (tertiary/aromatic N) is 3. The van der Waals surface area contributed by atoms with Crippen molar-refractivity contribution in [1.82, 2.24) is 14.4 Å². The molecule has 0 atom stereocenters. The number of carbonyl (C=O) groups excluding carboxylic acids is 1. The first-order valence-corrected chi connectivity index (χ1v) is 8.46. The zero-order valence-corrected chi connectivity index (χ0v) is 14.2. The highest BCUT2D eigenvalue weighted by atomic mass is 16.3. The normalized spacial score (nSPS) is 11.1. The van der Waals surface area contributed by atoms with Gasteiger partial charge in [-0.2, -0.15) is 0 Å². The van der Waals surface area contributed by atoms with Crippen molar-refractivity contribution >= 4 is 28.3 Å². The molecule has 6 heteroatoms. The Morgan fingerprint density at radius 1 is 1.04 bits per heavy atom. The fourth-order valence-corrected chi connectivity index (χ4v) is 3.01. The standard InChI is InChI=1S/C21H14N4O2/c26-20(19-12-15-5-1-2-8-18(15)27-19)23-16-7-3-6-14(11-16)17-13-25-10-4-9-22-21(25)24-17/h1-13H,(H,23,26). The van der Waals surface area contributed by atoms with E-state index in [1.54, 1.807) is 12.3 Å². The summed E-state index contributed by atoms with van der Waals surface area (Å²) >= 11 is 0. The Balaban J connectivity index is 1.43. The summed E-state index contributed by atoms with van der Waals surface area (Å²) in [4.78, 5) is 21.3. The first-order valence-electron chi connectivity index (χ1n) is 8.46. The fraction of sp³-hybridized carbons (Fsp3) is 0. The number of para-hydroxylation sites is 1. The van der Waals surface area contributed by atoms with Crippen LogP contribution in [-0.2, 0) is 0 Å². The highest BCUT2D eigenvalue weighted by Crippen LogP contribution is 2.24. The summed E-state index contributed by atoms with van der Waals surface area (Å²) in [5, 5.41) is 3.78. The van der Waals surface area contributed by atoms with Crippen LogP contribution in [0.4, 0.5) is 5.69 Å². The number of furan rings is 1. The minimum atomic E-state index is -0.292. The monoisotopic (exact) mass is 354 g/mol. The van der Waals surface area contributed by atoms with Gasteiger partial charge in [0.25, 0.3) is 5.91 Å². The molecule has 0 aliphatic rings. The van der Waals surface area contributed by atoms with Gasteiger partial charge in [-0.15, -0.1) is 0 Å². The highest BCUT2D eigenvalue weighted by Gasteiger charge is 2.13. The Labute approximate surface area is 154 Å². The molecule has 0 unspecified atom stereocenters. The van der Waals surface area contributed by atoms with E-state index in [-0.39, 0.29) is 11.7 Å². The predicted molar refractivity (Wildman–Crippen MR) is 103 cm³/mol. The predicted octanol–water partition coefficient (Wildman–Crippen LogP) is 4.39. The highest BCUT2D eigenvalue weighted by molar-refractivity contribution is 6.04. The smallest absolute Gasteiger partial charge is 0.291 e. The van der Waals surface area contributed by atoms with Crippen molar-refractivity contribution in [3.8, 4) is 11.3 Å². The summed E-state index contributed by atoms with van der Waals surface area (Å²) < 4.78 is 7.48. The molecule has 0 saturated carbocycles. The lowest BCUT2D eigenvalue weighted by Crippen LogP contribution is -2.10. The van der Waals surface area contributed by atoms with Gasteiger partial charge in [0.15, 0.2) is 5.76 Å². The summed E-state index contributed by atoms with van der Waals surface area (Å²) in [7, 11) is 0. The van der Waals surface area contributed by atoms with Crippen molar-refractivity contribution in [1.29, 1.82) is 0 Å². The molecule has 5 rings (SSSR count). The zero-order chi connectivity index (χ0) is 18.2. The van der Waals surface area contributed by atoms with E-state index in [9.17, 15) is 4.79 Å². The lowest BCUT2D eigenvalue weighted by atomic mass is 10.1. The SMILES string of the molecule is O=C(Nc1cccc(-c2cn3cccnc3n2)c1)c1cc2ccccc2o1. The van der Waals surface area contributed by atoms with Gasteiger partial charge in [0, 0.05) is 35.2 Å². The maximum Gasteiger partial charge on any atom is 0.291 e. The van der Waals surface area contributed by atoms with Crippen molar-refractivity contribution in [3.05, 3.63) is 85.0 Å². The van der Waals surface area contributed by atoms with Gasteiger partial charge in [-0.3, -0.25) is 9.20 Å². The van der Waals surface area contributed by atoms with Crippen LogP contribution in [0.1, 0.15) is 10.6 Å². The summed E-state index contributed by atoms with van der Waals surface area (Å²) in [6, 6.07) is 18.6. The van der Waals surface area contributed by atoms with Gasteiger partial charge < -0.3 is 9.73 Å². The Hall–Kier alpha value is -3.93. The largest absolute Gasteiger partial charge is 0.451 e. The lowest BCUT2D eigenvalue weighted by molar-refractivity contribution is 0.0998. The molecule has 1 N–H and O–H groups in total. The average Bonchev–Trinajstić information content (AvgIpc) is 3.32. The topological polar surface area (TPSA) is 72.4 Å². The third-order valence-electron chi connectivity index (χ3n) is 4.30. The Morgan fingerprint density at radius 3 is 2.85 bits per heavy atom. The third kappa shape index (κ3) is 2.83. The number of fused-ring (bicyclic) bond motifs is 2. The van der Waals surface area contributed by atoms with Gasteiger partial charge in [-0.25, -0.2) is 9.97 Å². The number of hydrogen-bond donors (Lipinski definition) is 1. The molecule has 0 spiro atoms. The van der Waals surface area contributed by atoms with Crippen LogP contribution in [0.5, 0.6) is 0 Å². The van der Waals surface area contributed by atoms with E-state index in [1.807, 2.05) is 71.4 Å². The molecule has 0 fully saturated rings. The number of anilines is 1. The van der Waals surface area contributed by atoms with Crippen molar-refractivity contribution < 1.29 is 9.21 Å². The molecule has 27 heavy (non-hydrogen) atoms. The van der Waals surface area contributed by atoms with Crippen LogP contribution in [0.25, 0.3) is 28.0 Å². The molecule has 1 amide bonds. The van der Waals surface area contributed by atoms with Crippen LogP contribution in [-0.4, -0.2) is 20.3 Å². The second kappa shape index (κ2) is 6.10. The molecule has 0 bridgehead atoms. The molecular formula is C21H14N4O2. The fourth-order valence-electron chi connectivity index (χ4n) is 3.01. The summed E-state index contributed by atoms with van der Waals surface area (Å²) in [6.45, 7) is 0. The number of carbonyl (C=O) groups is 1. The van der Waals surface area contributed by atoms with Crippen LogP contribution >= 0.6 is 0 Å². The van der Waals surface area contributed by atoms with E-state index in [0.717, 1.165) is 16.6 Å². The summed E-state index contributed by atoms with van der Waals surface area (Å²) in [6.07, 6.45) is 5.50. The second-order valence-electron chi connectivity index (χ2n) is 6.14. The van der Waals surface area contributed by atoms with Crippen LogP contribution in [0.15, 0.2) is 83.7 Å². The maximum absolute atomic E-state index is 12.5. The van der Waals surface area contributed by atoms with Crippen molar-refractivity contribution in [2.45, 2.75) is 0 Å². The number of rotatable bonds is 3. The van der Waals surface area contributed by atoms with Gasteiger partial charge in [-0.05, 0) is 30.3 Å². The second-order valence-corrected chi connectivity index (χ2v) is 6.14. The van der Waals surface area contributed by atoms with E-state index in [1.165, 1.54) is 0 Å². The maximum atomic E-state index is 12.5. The minimum absolute atomic E-state index is 0.276. The molecule has 3 heterocycles. The number of hydrogen-bond acceptors (Lipinski definition) is 4. The molecule has 0 aliphatic heterocycles. The zero-order valence-electron chi connectivity index (χ0n) is 14.2. The van der Waals surface area contributed by atoms with Crippen molar-refractivity contribution in [2.75, 3.05) is 5.32 Å². The van der Waals surface area contributed by atoms with Gasteiger partial charge in [-0.1, -0.05) is 30.3 Å². The number of nitrogens with one attached hydrogen (secondary N) is 1. The van der Waals surface area contributed by atoms with E-state index < -0.39 is 0 Å². The molecule has 0 aliphatic carbocycles. The molecule has 3 aromatic heterocycles. The van der Waals surface area contributed by atoms with E-state index in [0.29, 0.717) is 17.0 Å². The van der Waals surface area contributed by atoms with Gasteiger partial charge in [0.2, 0.25) is 5.78 Å². The van der Waals surface area contributed by atoms with Crippen LogP contribution in [0.3, 0.4) is 0 Å². The molecule has 0 saturated heterocycles. The lowest BCUT2D eigenvalue weighted by Gasteiger charge is -2.04. The van der Waals surface area contributed by atoms with Crippen LogP contribution < -0.4 is 5.32 Å².